The summed E-state index contributed by atoms with van der Waals surface area (Å²) in [5, 5.41) is 2.99. The van der Waals surface area contributed by atoms with Crippen molar-refractivity contribution in [3.8, 4) is 11.5 Å². The van der Waals surface area contributed by atoms with Crippen molar-refractivity contribution in [3.63, 3.8) is 0 Å². The van der Waals surface area contributed by atoms with Gasteiger partial charge in [0.1, 0.15) is 0 Å². The Morgan fingerprint density at radius 3 is 2.71 bits per heavy atom. The third kappa shape index (κ3) is 3.47. The standard InChI is InChI=1S/C18H24N2O4/c1-12(2)18(22)20-8-6-13(7-9-20)17(21)19-10-14-4-3-5-15-16(14)24-11-23-15/h3-5,12-13H,6-11H2,1-2H3,(H,19,21). The zero-order valence-corrected chi connectivity index (χ0v) is 14.2. The number of hydrogen-bond acceptors (Lipinski definition) is 4. The van der Waals surface area contributed by atoms with Crippen molar-refractivity contribution in [2.75, 3.05) is 19.9 Å². The Bertz CT molecular complexity index is 621. The summed E-state index contributed by atoms with van der Waals surface area (Å²) in [5.74, 6) is 1.64. The molecule has 24 heavy (non-hydrogen) atoms. The van der Waals surface area contributed by atoms with Crippen LogP contribution in [0, 0.1) is 11.8 Å². The van der Waals surface area contributed by atoms with Crippen molar-refractivity contribution < 1.29 is 19.1 Å². The smallest absolute Gasteiger partial charge is 0.231 e. The van der Waals surface area contributed by atoms with Crippen LogP contribution in [0.4, 0.5) is 0 Å². The Morgan fingerprint density at radius 2 is 2.00 bits per heavy atom. The largest absolute Gasteiger partial charge is 0.454 e. The van der Waals surface area contributed by atoms with Gasteiger partial charge in [-0.2, -0.15) is 0 Å². The zero-order chi connectivity index (χ0) is 17.1. The highest BCUT2D eigenvalue weighted by molar-refractivity contribution is 5.80. The van der Waals surface area contributed by atoms with E-state index in [4.69, 9.17) is 9.47 Å². The molecule has 2 aliphatic heterocycles. The number of piperidine rings is 1. The van der Waals surface area contributed by atoms with Gasteiger partial charge < -0.3 is 19.7 Å². The molecule has 1 saturated heterocycles. The minimum atomic E-state index is -0.0323. The molecule has 3 rings (SSSR count). The quantitative estimate of drug-likeness (QED) is 0.915. The number of carbonyl (C=O) groups is 2. The van der Waals surface area contributed by atoms with E-state index in [1.165, 1.54) is 0 Å². The number of nitrogens with zero attached hydrogens (tertiary/aromatic N) is 1. The molecule has 2 heterocycles. The average Bonchev–Trinajstić information content (AvgIpc) is 3.08. The first kappa shape index (κ1) is 16.6. The molecule has 1 aromatic rings. The number of ether oxygens (including phenoxy) is 2. The molecule has 1 fully saturated rings. The van der Waals surface area contributed by atoms with Crippen LogP contribution in [0.3, 0.4) is 0 Å². The van der Waals surface area contributed by atoms with Gasteiger partial charge in [-0.1, -0.05) is 26.0 Å². The Hall–Kier alpha value is -2.24. The molecule has 0 saturated carbocycles. The van der Waals surface area contributed by atoms with Gasteiger partial charge in [0.25, 0.3) is 0 Å². The summed E-state index contributed by atoms with van der Waals surface area (Å²) in [6.45, 7) is 5.79. The molecular formula is C18H24N2O4. The highest BCUT2D eigenvalue weighted by atomic mass is 16.7. The molecule has 6 heteroatoms. The minimum absolute atomic E-state index is 0.0118. The monoisotopic (exact) mass is 332 g/mol. The number of rotatable bonds is 4. The first-order valence-electron chi connectivity index (χ1n) is 8.50. The normalized spacial score (nSPS) is 17.2. The highest BCUT2D eigenvalue weighted by Crippen LogP contribution is 2.35. The van der Waals surface area contributed by atoms with Gasteiger partial charge in [0.15, 0.2) is 11.5 Å². The van der Waals surface area contributed by atoms with Crippen molar-refractivity contribution in [2.45, 2.75) is 33.2 Å². The molecule has 0 aliphatic carbocycles. The number of fused-ring (bicyclic) bond motifs is 1. The van der Waals surface area contributed by atoms with E-state index in [9.17, 15) is 9.59 Å². The topological polar surface area (TPSA) is 67.9 Å². The van der Waals surface area contributed by atoms with Crippen molar-refractivity contribution in [2.24, 2.45) is 11.8 Å². The van der Waals surface area contributed by atoms with E-state index in [1.807, 2.05) is 36.9 Å². The van der Waals surface area contributed by atoms with Crippen molar-refractivity contribution in [1.82, 2.24) is 10.2 Å². The summed E-state index contributed by atoms with van der Waals surface area (Å²) in [4.78, 5) is 26.3. The Morgan fingerprint density at radius 1 is 1.25 bits per heavy atom. The minimum Gasteiger partial charge on any atom is -0.454 e. The number of benzene rings is 1. The van der Waals surface area contributed by atoms with Crippen LogP contribution in [-0.4, -0.2) is 36.6 Å². The van der Waals surface area contributed by atoms with Gasteiger partial charge in [0.2, 0.25) is 18.6 Å². The van der Waals surface area contributed by atoms with E-state index in [0.29, 0.717) is 19.6 Å². The van der Waals surface area contributed by atoms with Crippen LogP contribution in [0.15, 0.2) is 18.2 Å². The Balaban J connectivity index is 1.50. The number of amides is 2. The van der Waals surface area contributed by atoms with E-state index in [0.717, 1.165) is 29.9 Å². The van der Waals surface area contributed by atoms with Crippen LogP contribution < -0.4 is 14.8 Å². The predicted octanol–water partition coefficient (Wildman–Crippen LogP) is 1.93. The lowest BCUT2D eigenvalue weighted by Gasteiger charge is -2.32. The summed E-state index contributed by atoms with van der Waals surface area (Å²) >= 11 is 0. The van der Waals surface area contributed by atoms with Crippen LogP contribution in [0.2, 0.25) is 0 Å². The second-order valence-corrected chi connectivity index (χ2v) is 6.62. The van der Waals surface area contributed by atoms with Crippen LogP contribution in [0.5, 0.6) is 11.5 Å². The number of likely N-dealkylation sites (tertiary alicyclic amines) is 1. The summed E-state index contributed by atoms with van der Waals surface area (Å²) in [6.07, 6.45) is 1.44. The molecule has 0 bridgehead atoms. The fourth-order valence-electron chi connectivity index (χ4n) is 3.18. The van der Waals surface area contributed by atoms with Gasteiger partial charge in [-0.15, -0.1) is 0 Å². The average molecular weight is 332 g/mol. The van der Waals surface area contributed by atoms with Gasteiger partial charge in [0.05, 0.1) is 0 Å². The van der Waals surface area contributed by atoms with Gasteiger partial charge in [-0.05, 0) is 18.9 Å². The van der Waals surface area contributed by atoms with Crippen molar-refractivity contribution in [3.05, 3.63) is 23.8 Å². The number of para-hydroxylation sites is 1. The summed E-state index contributed by atoms with van der Waals surface area (Å²) in [7, 11) is 0. The summed E-state index contributed by atoms with van der Waals surface area (Å²) < 4.78 is 10.8. The van der Waals surface area contributed by atoms with Gasteiger partial charge in [-0.25, -0.2) is 0 Å². The van der Waals surface area contributed by atoms with Crippen LogP contribution in [0.1, 0.15) is 32.3 Å². The molecule has 0 unspecified atom stereocenters. The Labute approximate surface area is 142 Å². The van der Waals surface area contributed by atoms with Crippen LogP contribution in [0.25, 0.3) is 0 Å². The Kier molecular flexibility index (Phi) is 4.92. The molecule has 0 radical (unpaired) electrons. The zero-order valence-electron chi connectivity index (χ0n) is 14.2. The van der Waals surface area contributed by atoms with E-state index in [2.05, 4.69) is 5.32 Å². The lowest BCUT2D eigenvalue weighted by atomic mass is 9.95. The molecule has 0 aromatic heterocycles. The maximum atomic E-state index is 12.4. The van der Waals surface area contributed by atoms with Crippen molar-refractivity contribution >= 4 is 11.8 Å². The summed E-state index contributed by atoms with van der Waals surface area (Å²) in [5.41, 5.74) is 0.922. The number of hydrogen-bond donors (Lipinski definition) is 1. The van der Waals surface area contributed by atoms with E-state index in [1.54, 1.807) is 0 Å². The third-order valence-corrected chi connectivity index (χ3v) is 4.60. The predicted molar refractivity (Wildman–Crippen MR) is 88.6 cm³/mol. The molecule has 1 aromatic carbocycles. The third-order valence-electron chi connectivity index (χ3n) is 4.60. The van der Waals surface area contributed by atoms with Gasteiger partial charge >= 0.3 is 0 Å². The maximum absolute atomic E-state index is 12.4. The molecule has 0 spiro atoms. The molecule has 6 nitrogen and oxygen atoms in total. The molecule has 1 N–H and O–H groups in total. The van der Waals surface area contributed by atoms with E-state index < -0.39 is 0 Å². The number of nitrogens with one attached hydrogen (secondary N) is 1. The summed E-state index contributed by atoms with van der Waals surface area (Å²) in [6, 6.07) is 5.68. The van der Waals surface area contributed by atoms with Crippen LogP contribution in [-0.2, 0) is 16.1 Å². The molecule has 2 aliphatic rings. The number of carbonyl (C=O) groups excluding carboxylic acids is 2. The highest BCUT2D eigenvalue weighted by Gasteiger charge is 2.28. The van der Waals surface area contributed by atoms with E-state index >= 15 is 0 Å². The molecule has 0 atom stereocenters. The fraction of sp³-hybridized carbons (Fsp3) is 0.556. The first-order chi connectivity index (χ1) is 11.6. The first-order valence-corrected chi connectivity index (χ1v) is 8.50. The second-order valence-electron chi connectivity index (χ2n) is 6.62. The molecule has 130 valence electrons. The lowest BCUT2D eigenvalue weighted by molar-refractivity contribution is -0.138. The fourth-order valence-corrected chi connectivity index (χ4v) is 3.18. The lowest BCUT2D eigenvalue weighted by Crippen LogP contribution is -2.44. The van der Waals surface area contributed by atoms with Gasteiger partial charge in [0, 0.05) is 37.0 Å². The molecule has 2 amide bonds. The second kappa shape index (κ2) is 7.11. The maximum Gasteiger partial charge on any atom is 0.231 e. The van der Waals surface area contributed by atoms with Crippen molar-refractivity contribution in [1.29, 1.82) is 0 Å². The van der Waals surface area contributed by atoms with Gasteiger partial charge in [-0.3, -0.25) is 9.59 Å². The van der Waals surface area contributed by atoms with E-state index in [-0.39, 0.29) is 30.4 Å². The SMILES string of the molecule is CC(C)C(=O)N1CCC(C(=O)NCc2cccc3c2OCO3)CC1. The van der Waals surface area contributed by atoms with Crippen LogP contribution >= 0.6 is 0 Å². The molecular weight excluding hydrogens is 308 g/mol.